The topological polar surface area (TPSA) is 232 Å². The van der Waals surface area contributed by atoms with Crippen molar-refractivity contribution in [1.82, 2.24) is 14.5 Å². The van der Waals surface area contributed by atoms with Crippen LogP contribution in [0, 0.1) is 0 Å². The van der Waals surface area contributed by atoms with Crippen molar-refractivity contribution in [2.75, 3.05) is 30.0 Å². The number of aliphatic imine (C=N–C) groups is 1. The lowest BCUT2D eigenvalue weighted by Crippen LogP contribution is -2.34. The van der Waals surface area contributed by atoms with Gasteiger partial charge in [-0.3, -0.25) is 14.5 Å². The molecule has 0 saturated carbocycles. The Labute approximate surface area is 295 Å². The van der Waals surface area contributed by atoms with E-state index in [0.29, 0.717) is 35.6 Å². The van der Waals surface area contributed by atoms with Gasteiger partial charge in [0.15, 0.2) is 0 Å². The van der Waals surface area contributed by atoms with Gasteiger partial charge < -0.3 is 39.8 Å². The third kappa shape index (κ3) is 13.6. The fraction of sp³-hybridized carbons (Fsp3) is 0.353. The van der Waals surface area contributed by atoms with Gasteiger partial charge in [-0.2, -0.15) is 4.99 Å². The Morgan fingerprint density at radius 2 is 1.69 bits per heavy atom. The Bertz CT molecular complexity index is 1820. The molecule has 0 atom stereocenters. The number of pyridine rings is 1. The molecule has 4 aromatic rings. The minimum absolute atomic E-state index is 0.0455. The molecule has 0 bridgehead atoms. The van der Waals surface area contributed by atoms with E-state index in [4.69, 9.17) is 39.4 Å². The van der Waals surface area contributed by atoms with Crippen molar-refractivity contribution in [1.29, 1.82) is 0 Å². The number of hydrogen-bond donors (Lipinski definition) is 5. The second-order valence-electron chi connectivity index (χ2n) is 11.1. The quantitative estimate of drug-likeness (QED) is 0.0369. The van der Waals surface area contributed by atoms with Gasteiger partial charge >= 0.3 is 19.9 Å². The van der Waals surface area contributed by atoms with Crippen molar-refractivity contribution in [3.63, 3.8) is 0 Å². The Morgan fingerprint density at radius 3 is 2.33 bits per heavy atom. The summed E-state index contributed by atoms with van der Waals surface area (Å²) in [5, 5.41) is 3.35. The van der Waals surface area contributed by atoms with Crippen molar-refractivity contribution in [3.05, 3.63) is 83.8 Å². The molecule has 0 radical (unpaired) electrons. The van der Waals surface area contributed by atoms with E-state index < -0.39 is 13.9 Å². The standard InChI is InChI=1S/C34H41N7O5.H3O4P/c1-4-6-7-10-21-46-34(44)39-32(35)24-12-15-26(16-13-24)37-23-30-38-27-22-25(14-17-28(27)40(30)3)33(43)41(20-18-31(42)45-5-2)29-11-8-9-19-36-29;1-5(2,3)4/h8-9,11-17,19,22,37H,4-7,10,18,20-21,23H2,1-3H3,(H2,35,39,44);(H3,1,2,3,4). The molecule has 17 heteroatoms. The van der Waals surface area contributed by atoms with Crippen molar-refractivity contribution < 1.29 is 43.1 Å². The van der Waals surface area contributed by atoms with Crippen LogP contribution in [0.2, 0.25) is 0 Å². The average Bonchev–Trinajstić information content (AvgIpc) is 3.41. The number of amidine groups is 1. The first-order valence-electron chi connectivity index (χ1n) is 16.3. The van der Waals surface area contributed by atoms with Gasteiger partial charge in [0, 0.05) is 36.6 Å². The normalized spacial score (nSPS) is 11.4. The fourth-order valence-electron chi connectivity index (χ4n) is 4.79. The van der Waals surface area contributed by atoms with E-state index in [2.05, 4.69) is 22.2 Å². The van der Waals surface area contributed by atoms with E-state index in [1.54, 1.807) is 55.6 Å². The Kier molecular flexibility index (Phi) is 15.7. The second kappa shape index (κ2) is 19.9. The molecule has 51 heavy (non-hydrogen) atoms. The third-order valence-electron chi connectivity index (χ3n) is 7.30. The lowest BCUT2D eigenvalue weighted by Gasteiger charge is -2.21. The molecule has 0 saturated heterocycles. The number of nitrogens with zero attached hydrogens (tertiary/aromatic N) is 5. The van der Waals surface area contributed by atoms with E-state index in [1.807, 2.05) is 29.8 Å². The monoisotopic (exact) mass is 725 g/mol. The number of rotatable bonds is 15. The highest BCUT2D eigenvalue weighted by atomic mass is 31.2. The van der Waals surface area contributed by atoms with E-state index in [-0.39, 0.29) is 37.3 Å². The molecule has 2 aromatic carbocycles. The molecule has 0 aliphatic carbocycles. The highest BCUT2D eigenvalue weighted by Gasteiger charge is 2.21. The van der Waals surface area contributed by atoms with Gasteiger partial charge in [-0.1, -0.05) is 32.3 Å². The van der Waals surface area contributed by atoms with E-state index in [9.17, 15) is 14.4 Å². The summed E-state index contributed by atoms with van der Waals surface area (Å²) >= 11 is 0. The van der Waals surface area contributed by atoms with E-state index in [1.165, 1.54) is 4.90 Å². The number of carbonyl (C=O) groups excluding carboxylic acids is 3. The lowest BCUT2D eigenvalue weighted by atomic mass is 10.1. The van der Waals surface area contributed by atoms with E-state index in [0.717, 1.165) is 42.7 Å². The zero-order valence-electron chi connectivity index (χ0n) is 28.8. The Balaban J connectivity index is 0.00000131. The number of aromatic nitrogens is 3. The Hall–Kier alpha value is -5.15. The van der Waals surface area contributed by atoms with Crippen LogP contribution in [0.15, 0.2) is 71.9 Å². The average molecular weight is 726 g/mol. The van der Waals surface area contributed by atoms with Crippen LogP contribution < -0.4 is 16.0 Å². The van der Waals surface area contributed by atoms with Gasteiger partial charge in [-0.15, -0.1) is 0 Å². The molecular weight excluding hydrogens is 681 g/mol. The highest BCUT2D eigenvalue weighted by Crippen LogP contribution is 2.26. The molecule has 0 unspecified atom stereocenters. The number of anilines is 2. The van der Waals surface area contributed by atoms with Crippen LogP contribution in [0.5, 0.6) is 0 Å². The maximum atomic E-state index is 13.6. The number of carbonyl (C=O) groups is 3. The number of imidazole rings is 1. The van der Waals surface area contributed by atoms with Crippen LogP contribution in [0.4, 0.5) is 16.3 Å². The third-order valence-corrected chi connectivity index (χ3v) is 7.30. The number of aryl methyl sites for hydroxylation is 1. The summed E-state index contributed by atoms with van der Waals surface area (Å²) in [7, 11) is -2.73. The molecule has 0 aliphatic rings. The highest BCUT2D eigenvalue weighted by molar-refractivity contribution is 7.45. The summed E-state index contributed by atoms with van der Waals surface area (Å²) in [6.07, 6.45) is 4.99. The zero-order valence-corrected chi connectivity index (χ0v) is 29.7. The summed E-state index contributed by atoms with van der Waals surface area (Å²) < 4.78 is 21.0. The predicted octanol–water partition coefficient (Wildman–Crippen LogP) is 4.67. The molecule has 0 fully saturated rings. The number of nitrogens with two attached hydrogens (primary N) is 1. The summed E-state index contributed by atoms with van der Waals surface area (Å²) in [5.74, 6) is 0.620. The number of unbranched alkanes of at least 4 members (excludes halogenated alkanes) is 3. The first-order valence-corrected chi connectivity index (χ1v) is 17.8. The van der Waals surface area contributed by atoms with Gasteiger partial charge in [0.2, 0.25) is 0 Å². The molecule has 6 N–H and O–H groups in total. The van der Waals surface area contributed by atoms with Crippen molar-refractivity contribution in [2.24, 2.45) is 17.8 Å². The fourth-order valence-corrected chi connectivity index (χ4v) is 4.79. The zero-order chi connectivity index (χ0) is 37.4. The van der Waals surface area contributed by atoms with Gasteiger partial charge in [0.05, 0.1) is 37.2 Å². The maximum absolute atomic E-state index is 13.6. The van der Waals surface area contributed by atoms with Crippen LogP contribution in [-0.4, -0.2) is 72.8 Å². The molecule has 0 spiro atoms. The first-order chi connectivity index (χ1) is 24.3. The predicted molar refractivity (Wildman–Crippen MR) is 192 cm³/mol. The molecule has 274 valence electrons. The number of esters is 1. The number of hydrogen-bond acceptors (Lipinski definition) is 9. The number of benzene rings is 2. The van der Waals surface area contributed by atoms with Crippen LogP contribution in [-0.2, 0) is 32.4 Å². The number of amides is 2. The Morgan fingerprint density at radius 1 is 0.980 bits per heavy atom. The van der Waals surface area contributed by atoms with Crippen LogP contribution in [0.3, 0.4) is 0 Å². The minimum atomic E-state index is -4.64. The van der Waals surface area contributed by atoms with Crippen LogP contribution in [0.1, 0.15) is 67.7 Å². The summed E-state index contributed by atoms with van der Waals surface area (Å²) in [5.41, 5.74) is 9.40. The maximum Gasteiger partial charge on any atom is 0.466 e. The second-order valence-corrected chi connectivity index (χ2v) is 12.1. The largest absolute Gasteiger partial charge is 0.466 e. The number of ether oxygens (including phenoxy) is 2. The van der Waals surface area contributed by atoms with Crippen LogP contribution >= 0.6 is 7.82 Å². The SMILES string of the molecule is CCCCCCOC(=O)/N=C(/N)c1ccc(NCc2nc3cc(C(=O)N(CCC(=O)OCC)c4ccccn4)ccc3n2C)cc1.O=P(O)(O)O. The molecule has 2 heterocycles. The van der Waals surface area contributed by atoms with Gasteiger partial charge in [-0.25, -0.2) is 19.3 Å². The molecule has 0 aliphatic heterocycles. The lowest BCUT2D eigenvalue weighted by molar-refractivity contribution is -0.142. The van der Waals surface area contributed by atoms with Gasteiger partial charge in [0.25, 0.3) is 5.91 Å². The number of phosphoric acid groups is 1. The molecule has 2 aromatic heterocycles. The number of fused-ring (bicyclic) bond motifs is 1. The van der Waals surface area contributed by atoms with Gasteiger partial charge in [0.1, 0.15) is 17.5 Å². The summed E-state index contributed by atoms with van der Waals surface area (Å²) in [4.78, 5) is 73.6. The first kappa shape index (κ1) is 40.3. The molecule has 4 rings (SSSR count). The van der Waals surface area contributed by atoms with Gasteiger partial charge in [-0.05, 0) is 67.9 Å². The van der Waals surface area contributed by atoms with Crippen molar-refractivity contribution in [3.8, 4) is 0 Å². The molecular formula is C34H44N7O9P. The van der Waals surface area contributed by atoms with E-state index >= 15 is 0 Å². The molecule has 2 amide bonds. The minimum Gasteiger partial charge on any atom is -0.466 e. The number of nitrogens with one attached hydrogen (secondary N) is 1. The summed E-state index contributed by atoms with van der Waals surface area (Å²) in [6.45, 7) is 5.02. The van der Waals surface area contributed by atoms with Crippen LogP contribution in [0.25, 0.3) is 11.0 Å². The smallest absolute Gasteiger partial charge is 0.466 e. The molecule has 16 nitrogen and oxygen atoms in total. The summed E-state index contributed by atoms with van der Waals surface area (Å²) in [6, 6.07) is 17.9. The van der Waals surface area contributed by atoms with Crippen molar-refractivity contribution >= 4 is 54.2 Å². The van der Waals surface area contributed by atoms with Crippen molar-refractivity contribution in [2.45, 2.75) is 52.5 Å².